The first kappa shape index (κ1) is 10.6. The van der Waals surface area contributed by atoms with Gasteiger partial charge in [0, 0.05) is 4.90 Å². The van der Waals surface area contributed by atoms with Gasteiger partial charge < -0.3 is 5.32 Å². The van der Waals surface area contributed by atoms with Crippen molar-refractivity contribution < 1.29 is 4.79 Å². The monoisotopic (exact) mass is 221 g/mol. The third kappa shape index (κ3) is 2.02. The van der Waals surface area contributed by atoms with Crippen molar-refractivity contribution in [2.75, 3.05) is 5.32 Å². The highest BCUT2D eigenvalue weighted by Crippen LogP contribution is 2.42. The van der Waals surface area contributed by atoms with E-state index in [2.05, 4.69) is 32.2 Å². The Balaban J connectivity index is 2.34. The number of hydrogen-bond acceptors (Lipinski definition) is 2. The van der Waals surface area contributed by atoms with E-state index in [0.717, 1.165) is 10.6 Å². The van der Waals surface area contributed by atoms with Crippen molar-refractivity contribution in [2.24, 2.45) is 5.41 Å². The Morgan fingerprint density at radius 1 is 1.27 bits per heavy atom. The predicted octanol–water partition coefficient (Wildman–Crippen LogP) is 3.15. The van der Waals surface area contributed by atoms with Gasteiger partial charge in [-0.05, 0) is 17.5 Å². The third-order valence-corrected chi connectivity index (χ3v) is 4.18. The van der Waals surface area contributed by atoms with Gasteiger partial charge >= 0.3 is 0 Å². The molecule has 1 amide bonds. The molecule has 0 radical (unpaired) electrons. The molecule has 3 heteroatoms. The molecule has 1 aliphatic heterocycles. The summed E-state index contributed by atoms with van der Waals surface area (Å²) in [5.74, 6) is 0.117. The lowest BCUT2D eigenvalue weighted by Gasteiger charge is -2.33. The van der Waals surface area contributed by atoms with E-state index >= 15 is 0 Å². The van der Waals surface area contributed by atoms with E-state index in [4.69, 9.17) is 0 Å². The standard InChI is InChI=1S/C12H15NOS/c1-12(2,3)10-11(14)13-8-6-4-5-7-9(8)15-10/h4-7,10H,1-3H3,(H,13,14). The van der Waals surface area contributed by atoms with Crippen molar-refractivity contribution in [2.45, 2.75) is 30.9 Å². The van der Waals surface area contributed by atoms with Gasteiger partial charge in [0.05, 0.1) is 10.9 Å². The normalized spacial score (nSPS) is 20.7. The average Bonchev–Trinajstić information content (AvgIpc) is 2.15. The highest BCUT2D eigenvalue weighted by Gasteiger charge is 2.35. The fraction of sp³-hybridized carbons (Fsp3) is 0.417. The Bertz CT molecular complexity index is 395. The maximum Gasteiger partial charge on any atom is 0.238 e. The van der Waals surface area contributed by atoms with Crippen LogP contribution in [0.2, 0.25) is 0 Å². The second kappa shape index (κ2) is 3.56. The van der Waals surface area contributed by atoms with Crippen LogP contribution in [-0.4, -0.2) is 11.2 Å². The summed E-state index contributed by atoms with van der Waals surface area (Å²) in [7, 11) is 0. The van der Waals surface area contributed by atoms with Crippen LogP contribution < -0.4 is 5.32 Å². The smallest absolute Gasteiger partial charge is 0.238 e. The maximum absolute atomic E-state index is 11.9. The van der Waals surface area contributed by atoms with Crippen LogP contribution in [0.4, 0.5) is 5.69 Å². The number of benzene rings is 1. The summed E-state index contributed by atoms with van der Waals surface area (Å²) < 4.78 is 0. The zero-order valence-corrected chi connectivity index (χ0v) is 10.0. The zero-order chi connectivity index (χ0) is 11.1. The fourth-order valence-corrected chi connectivity index (χ4v) is 2.80. The van der Waals surface area contributed by atoms with E-state index in [1.807, 2.05) is 18.2 Å². The van der Waals surface area contributed by atoms with Crippen molar-refractivity contribution in [1.29, 1.82) is 0 Å². The summed E-state index contributed by atoms with van der Waals surface area (Å²) in [6.07, 6.45) is 0. The molecule has 1 aromatic carbocycles. The molecule has 0 aromatic heterocycles. The molecule has 0 aliphatic carbocycles. The molecule has 15 heavy (non-hydrogen) atoms. The zero-order valence-electron chi connectivity index (χ0n) is 9.20. The molecule has 0 spiro atoms. The minimum absolute atomic E-state index is 0.00704. The maximum atomic E-state index is 11.9. The molecule has 1 N–H and O–H groups in total. The van der Waals surface area contributed by atoms with Crippen LogP contribution in [-0.2, 0) is 4.79 Å². The van der Waals surface area contributed by atoms with Gasteiger partial charge in [0.25, 0.3) is 0 Å². The molecule has 0 fully saturated rings. The van der Waals surface area contributed by atoms with Crippen molar-refractivity contribution in [1.82, 2.24) is 0 Å². The lowest BCUT2D eigenvalue weighted by atomic mass is 9.91. The highest BCUT2D eigenvalue weighted by atomic mass is 32.2. The van der Waals surface area contributed by atoms with Gasteiger partial charge in [-0.1, -0.05) is 32.9 Å². The average molecular weight is 221 g/mol. The number of para-hydroxylation sites is 1. The van der Waals surface area contributed by atoms with Crippen LogP contribution in [0.25, 0.3) is 0 Å². The largest absolute Gasteiger partial charge is 0.324 e. The van der Waals surface area contributed by atoms with Gasteiger partial charge in [-0.15, -0.1) is 11.8 Å². The van der Waals surface area contributed by atoms with Crippen LogP contribution in [0.5, 0.6) is 0 Å². The number of fused-ring (bicyclic) bond motifs is 1. The van der Waals surface area contributed by atoms with Crippen LogP contribution >= 0.6 is 11.8 Å². The van der Waals surface area contributed by atoms with Gasteiger partial charge in [-0.3, -0.25) is 4.79 Å². The fourth-order valence-electron chi connectivity index (χ4n) is 1.62. The molecule has 2 rings (SSSR count). The van der Waals surface area contributed by atoms with Crippen molar-refractivity contribution in [3.8, 4) is 0 Å². The molecule has 1 unspecified atom stereocenters. The van der Waals surface area contributed by atoms with E-state index in [0.29, 0.717) is 0 Å². The van der Waals surface area contributed by atoms with Crippen molar-refractivity contribution >= 4 is 23.4 Å². The first-order valence-corrected chi connectivity index (χ1v) is 5.93. The Kier molecular flexibility index (Phi) is 2.51. The summed E-state index contributed by atoms with van der Waals surface area (Å²) in [4.78, 5) is 13.0. The number of anilines is 1. The second-order valence-electron chi connectivity index (χ2n) is 4.85. The Morgan fingerprint density at radius 2 is 1.93 bits per heavy atom. The van der Waals surface area contributed by atoms with Crippen LogP contribution in [0, 0.1) is 5.41 Å². The Morgan fingerprint density at radius 3 is 2.60 bits per heavy atom. The number of carbonyl (C=O) groups excluding carboxylic acids is 1. The quantitative estimate of drug-likeness (QED) is 0.729. The summed E-state index contributed by atoms with van der Waals surface area (Å²) in [5.41, 5.74) is 0.926. The molecule has 1 atom stereocenters. The number of thioether (sulfide) groups is 1. The SMILES string of the molecule is CC(C)(C)C1Sc2ccccc2NC1=O. The first-order chi connectivity index (χ1) is 6.98. The summed E-state index contributed by atoms with van der Waals surface area (Å²) >= 11 is 1.66. The molecule has 1 heterocycles. The Hall–Kier alpha value is -0.960. The minimum atomic E-state index is -0.0116. The minimum Gasteiger partial charge on any atom is -0.324 e. The van der Waals surface area contributed by atoms with E-state index < -0.39 is 0 Å². The topological polar surface area (TPSA) is 29.1 Å². The molecule has 0 bridgehead atoms. The van der Waals surface area contributed by atoms with Crippen LogP contribution in [0.3, 0.4) is 0 Å². The first-order valence-electron chi connectivity index (χ1n) is 5.05. The summed E-state index contributed by atoms with van der Waals surface area (Å²) in [5, 5.41) is 2.95. The van der Waals surface area contributed by atoms with E-state index in [1.54, 1.807) is 11.8 Å². The molecule has 0 saturated heterocycles. The van der Waals surface area contributed by atoms with E-state index in [9.17, 15) is 4.79 Å². The van der Waals surface area contributed by atoms with Gasteiger partial charge in [0.2, 0.25) is 5.91 Å². The summed E-state index contributed by atoms with van der Waals surface area (Å²) in [6.45, 7) is 6.29. The Labute approximate surface area is 94.4 Å². The number of amides is 1. The molecule has 1 aromatic rings. The van der Waals surface area contributed by atoms with E-state index in [-0.39, 0.29) is 16.6 Å². The second-order valence-corrected chi connectivity index (χ2v) is 6.00. The van der Waals surface area contributed by atoms with Gasteiger partial charge in [-0.25, -0.2) is 0 Å². The van der Waals surface area contributed by atoms with Crippen molar-refractivity contribution in [3.63, 3.8) is 0 Å². The summed E-state index contributed by atoms with van der Waals surface area (Å²) in [6, 6.07) is 7.94. The van der Waals surface area contributed by atoms with Crippen LogP contribution in [0.15, 0.2) is 29.2 Å². The highest BCUT2D eigenvalue weighted by molar-refractivity contribution is 8.01. The molecular weight excluding hydrogens is 206 g/mol. The molecule has 1 aliphatic rings. The van der Waals surface area contributed by atoms with E-state index in [1.165, 1.54) is 0 Å². The van der Waals surface area contributed by atoms with Gasteiger partial charge in [0.15, 0.2) is 0 Å². The van der Waals surface area contributed by atoms with Gasteiger partial charge in [-0.2, -0.15) is 0 Å². The third-order valence-electron chi connectivity index (χ3n) is 2.41. The number of hydrogen-bond donors (Lipinski definition) is 1. The molecule has 80 valence electrons. The lowest BCUT2D eigenvalue weighted by molar-refractivity contribution is -0.117. The van der Waals surface area contributed by atoms with Gasteiger partial charge in [0.1, 0.15) is 0 Å². The molecule has 2 nitrogen and oxygen atoms in total. The molecular formula is C12H15NOS. The number of nitrogens with one attached hydrogen (secondary N) is 1. The van der Waals surface area contributed by atoms with Crippen molar-refractivity contribution in [3.05, 3.63) is 24.3 Å². The number of carbonyl (C=O) groups is 1. The lowest BCUT2D eigenvalue weighted by Crippen LogP contribution is -2.38. The van der Waals surface area contributed by atoms with Crippen LogP contribution in [0.1, 0.15) is 20.8 Å². The number of rotatable bonds is 0. The molecule has 0 saturated carbocycles. The predicted molar refractivity (Wildman–Crippen MR) is 64.2 cm³/mol.